The number of benzene rings is 3. The second-order valence-corrected chi connectivity index (χ2v) is 8.57. The van der Waals surface area contributed by atoms with E-state index in [0.29, 0.717) is 5.69 Å². The van der Waals surface area contributed by atoms with Gasteiger partial charge in [-0.15, -0.1) is 0 Å². The molecule has 160 valence electrons. The number of nitrogens with one attached hydrogen (secondary N) is 1. The molecule has 1 N–H and O–H groups in total. The number of carbonyl (C=O) groups excluding carboxylic acids is 2. The lowest BCUT2D eigenvalue weighted by Gasteiger charge is -2.26. The molecule has 0 saturated carbocycles. The highest BCUT2D eigenvalue weighted by Crippen LogP contribution is 2.40. The fourth-order valence-corrected chi connectivity index (χ4v) is 4.15. The fraction of sp³-hybridized carbons (Fsp3) is 0.308. The lowest BCUT2D eigenvalue weighted by atomic mass is 9.91. The summed E-state index contributed by atoms with van der Waals surface area (Å²) in [7, 11) is 0. The first-order valence-corrected chi connectivity index (χ1v) is 10.5. The van der Waals surface area contributed by atoms with Gasteiger partial charge in [0.15, 0.2) is 0 Å². The van der Waals surface area contributed by atoms with Crippen LogP contribution in [-0.2, 0) is 19.1 Å². The van der Waals surface area contributed by atoms with Crippen molar-refractivity contribution in [2.45, 2.75) is 51.9 Å². The van der Waals surface area contributed by atoms with E-state index < -0.39 is 23.6 Å². The molecule has 1 heterocycles. The maximum atomic E-state index is 13.2. The molecule has 5 heteroatoms. The average molecular weight is 418 g/mol. The van der Waals surface area contributed by atoms with Gasteiger partial charge in [-0.3, -0.25) is 0 Å². The molecule has 0 bridgehead atoms. The molecule has 0 radical (unpaired) electrons. The zero-order chi connectivity index (χ0) is 22.2. The highest BCUT2D eigenvalue weighted by Gasteiger charge is 2.57. The zero-order valence-electron chi connectivity index (χ0n) is 18.3. The van der Waals surface area contributed by atoms with Crippen LogP contribution in [0, 0.1) is 13.8 Å². The summed E-state index contributed by atoms with van der Waals surface area (Å²) in [6, 6.07) is 19.8. The third kappa shape index (κ3) is 4.13. The van der Waals surface area contributed by atoms with Crippen LogP contribution in [0.15, 0.2) is 60.7 Å². The molecule has 4 rings (SSSR count). The van der Waals surface area contributed by atoms with E-state index in [0.717, 1.165) is 27.5 Å². The molecule has 31 heavy (non-hydrogen) atoms. The Balaban J connectivity index is 1.71. The number of anilines is 1. The molecule has 0 unspecified atom stereocenters. The Morgan fingerprint density at radius 3 is 2.39 bits per heavy atom. The second kappa shape index (κ2) is 8.06. The van der Waals surface area contributed by atoms with Crippen LogP contribution in [0.5, 0.6) is 0 Å². The van der Waals surface area contributed by atoms with E-state index in [1.54, 1.807) is 13.8 Å². The number of ether oxygens (including phenoxy) is 2. The third-order valence-electron chi connectivity index (χ3n) is 5.51. The molecule has 0 aliphatic carbocycles. The Morgan fingerprint density at radius 1 is 1.03 bits per heavy atom. The Morgan fingerprint density at radius 2 is 1.71 bits per heavy atom. The molecule has 1 saturated heterocycles. The quantitative estimate of drug-likeness (QED) is 0.454. The maximum Gasteiger partial charge on any atom is 0.344 e. The van der Waals surface area contributed by atoms with Gasteiger partial charge in [-0.1, -0.05) is 42.5 Å². The van der Waals surface area contributed by atoms with E-state index in [1.807, 2.05) is 74.5 Å². The van der Waals surface area contributed by atoms with Crippen LogP contribution >= 0.6 is 0 Å². The van der Waals surface area contributed by atoms with E-state index in [-0.39, 0.29) is 12.5 Å². The van der Waals surface area contributed by atoms with Crippen molar-refractivity contribution >= 4 is 28.4 Å². The van der Waals surface area contributed by atoms with Gasteiger partial charge in [0.1, 0.15) is 6.10 Å². The van der Waals surface area contributed by atoms with Gasteiger partial charge in [0, 0.05) is 12.1 Å². The van der Waals surface area contributed by atoms with Crippen molar-refractivity contribution in [1.82, 2.24) is 0 Å². The Bertz CT molecular complexity index is 1130. The summed E-state index contributed by atoms with van der Waals surface area (Å²) in [6.45, 7) is 7.48. The van der Waals surface area contributed by atoms with Crippen molar-refractivity contribution in [3.8, 4) is 0 Å². The van der Waals surface area contributed by atoms with Gasteiger partial charge in [-0.05, 0) is 73.4 Å². The molecular formula is C26H27NO4. The first-order chi connectivity index (χ1) is 14.8. The monoisotopic (exact) mass is 417 g/mol. The number of carbonyl (C=O) groups is 2. The summed E-state index contributed by atoms with van der Waals surface area (Å²) in [4.78, 5) is 26.3. The van der Waals surface area contributed by atoms with Crippen molar-refractivity contribution in [1.29, 1.82) is 0 Å². The number of aryl methyl sites for hydroxylation is 2. The predicted octanol–water partition coefficient (Wildman–Crippen LogP) is 5.25. The lowest BCUT2D eigenvalue weighted by molar-refractivity contribution is -0.159. The minimum atomic E-state index is -1.60. The smallest absolute Gasteiger partial charge is 0.344 e. The Labute approximate surface area is 182 Å². The molecule has 5 nitrogen and oxygen atoms in total. The number of esters is 2. The summed E-state index contributed by atoms with van der Waals surface area (Å²) in [5.74, 6) is -1.23. The fourth-order valence-electron chi connectivity index (χ4n) is 4.15. The van der Waals surface area contributed by atoms with Crippen molar-refractivity contribution in [2.75, 3.05) is 5.32 Å². The average Bonchev–Trinajstić information content (AvgIpc) is 3.03. The van der Waals surface area contributed by atoms with Crippen LogP contribution in [0.2, 0.25) is 0 Å². The highest BCUT2D eigenvalue weighted by molar-refractivity contribution is 6.09. The standard InChI is InChI=1S/C26H27NO4/c1-16(2)30-24(28)26(27-22-12-17(3)11-18(4)13-22)15-23(31-25(26)29)21-10-9-19-7-5-6-8-20(19)14-21/h5-14,16,23,27H,15H2,1-4H3/t23-,26+/m1/s1. The Kier molecular flexibility index (Phi) is 5.44. The van der Waals surface area contributed by atoms with Crippen molar-refractivity contribution in [3.05, 3.63) is 77.4 Å². The molecule has 3 aromatic carbocycles. The number of hydrogen-bond acceptors (Lipinski definition) is 5. The second-order valence-electron chi connectivity index (χ2n) is 8.57. The molecule has 2 atom stereocenters. The third-order valence-corrected chi connectivity index (χ3v) is 5.51. The Hall–Kier alpha value is -3.34. The molecule has 1 fully saturated rings. The SMILES string of the molecule is Cc1cc(C)cc(N[C@]2(C(=O)OC(C)C)C[C@H](c3ccc4ccccc4c3)OC2=O)c1. The van der Waals surface area contributed by atoms with E-state index in [9.17, 15) is 9.59 Å². The van der Waals surface area contributed by atoms with E-state index in [2.05, 4.69) is 5.32 Å². The molecule has 1 aliphatic heterocycles. The molecule has 0 amide bonds. The highest BCUT2D eigenvalue weighted by atomic mass is 16.6. The van der Waals surface area contributed by atoms with Gasteiger partial charge in [0.05, 0.1) is 6.10 Å². The van der Waals surface area contributed by atoms with Gasteiger partial charge in [0.2, 0.25) is 5.54 Å². The molecule has 3 aromatic rings. The summed E-state index contributed by atoms with van der Waals surface area (Å²) in [6.07, 6.45) is -0.740. The maximum absolute atomic E-state index is 13.2. The summed E-state index contributed by atoms with van der Waals surface area (Å²) < 4.78 is 11.2. The minimum absolute atomic E-state index is 0.155. The first kappa shape index (κ1) is 20.9. The van der Waals surface area contributed by atoms with Crippen LogP contribution in [0.1, 0.15) is 43.1 Å². The van der Waals surface area contributed by atoms with Gasteiger partial charge in [-0.25, -0.2) is 9.59 Å². The summed E-state index contributed by atoms with van der Waals surface area (Å²) >= 11 is 0. The van der Waals surface area contributed by atoms with Gasteiger partial charge < -0.3 is 14.8 Å². The van der Waals surface area contributed by atoms with Gasteiger partial charge in [0.25, 0.3) is 0 Å². The van der Waals surface area contributed by atoms with Crippen LogP contribution in [0.4, 0.5) is 5.69 Å². The number of hydrogen-bond donors (Lipinski definition) is 1. The number of fused-ring (bicyclic) bond motifs is 1. The minimum Gasteiger partial charge on any atom is -0.461 e. The zero-order valence-corrected chi connectivity index (χ0v) is 18.3. The van der Waals surface area contributed by atoms with E-state index in [1.165, 1.54) is 0 Å². The summed E-state index contributed by atoms with van der Waals surface area (Å²) in [5, 5.41) is 5.34. The largest absolute Gasteiger partial charge is 0.461 e. The molecule has 0 spiro atoms. The van der Waals surface area contributed by atoms with Crippen LogP contribution in [-0.4, -0.2) is 23.6 Å². The van der Waals surface area contributed by atoms with E-state index in [4.69, 9.17) is 9.47 Å². The number of cyclic esters (lactones) is 1. The number of rotatable bonds is 5. The van der Waals surface area contributed by atoms with Crippen molar-refractivity contribution in [2.24, 2.45) is 0 Å². The topological polar surface area (TPSA) is 64.6 Å². The normalized spacial score (nSPS) is 20.7. The van der Waals surface area contributed by atoms with E-state index >= 15 is 0 Å². The van der Waals surface area contributed by atoms with Crippen LogP contribution in [0.25, 0.3) is 10.8 Å². The van der Waals surface area contributed by atoms with Gasteiger partial charge >= 0.3 is 11.9 Å². The predicted molar refractivity (Wildman–Crippen MR) is 121 cm³/mol. The van der Waals surface area contributed by atoms with Gasteiger partial charge in [-0.2, -0.15) is 0 Å². The first-order valence-electron chi connectivity index (χ1n) is 10.5. The van der Waals surface area contributed by atoms with Crippen LogP contribution < -0.4 is 5.32 Å². The van der Waals surface area contributed by atoms with Crippen molar-refractivity contribution in [3.63, 3.8) is 0 Å². The van der Waals surface area contributed by atoms with Crippen LogP contribution in [0.3, 0.4) is 0 Å². The molecule has 0 aromatic heterocycles. The molecule has 1 aliphatic rings. The van der Waals surface area contributed by atoms with Crippen molar-refractivity contribution < 1.29 is 19.1 Å². The molecular weight excluding hydrogens is 390 g/mol. The summed E-state index contributed by atoms with van der Waals surface area (Å²) in [5.41, 5.74) is 2.02. The lowest BCUT2D eigenvalue weighted by Crippen LogP contribution is -2.52.